The molecular weight excluding hydrogens is 296 g/mol. The van der Waals surface area contributed by atoms with Crippen molar-refractivity contribution in [3.8, 4) is 0 Å². The van der Waals surface area contributed by atoms with Gasteiger partial charge in [-0.05, 0) is 26.7 Å². The highest BCUT2D eigenvalue weighted by molar-refractivity contribution is 5.76. The smallest absolute Gasteiger partial charge is 0.222 e. The maximum atomic E-state index is 11.8. The van der Waals surface area contributed by atoms with Gasteiger partial charge in [0, 0.05) is 25.0 Å². The normalized spacial score (nSPS) is 37.5. The van der Waals surface area contributed by atoms with Crippen molar-refractivity contribution < 1.29 is 19.4 Å². The van der Waals surface area contributed by atoms with E-state index in [-0.39, 0.29) is 36.4 Å². The van der Waals surface area contributed by atoms with Crippen molar-refractivity contribution >= 4 is 5.91 Å². The molecule has 0 aromatic carbocycles. The third-order valence-electron chi connectivity index (χ3n) is 5.10. The van der Waals surface area contributed by atoms with Crippen molar-refractivity contribution in [1.82, 2.24) is 10.6 Å². The average molecular weight is 326 g/mol. The quantitative estimate of drug-likeness (QED) is 0.670. The number of carbonyl (C=O) groups is 1. The van der Waals surface area contributed by atoms with Crippen LogP contribution in [-0.2, 0) is 14.3 Å². The zero-order chi connectivity index (χ0) is 16.4. The van der Waals surface area contributed by atoms with E-state index in [2.05, 4.69) is 10.6 Å². The lowest BCUT2D eigenvalue weighted by molar-refractivity contribution is -0.125. The van der Waals surface area contributed by atoms with E-state index in [9.17, 15) is 9.90 Å². The van der Waals surface area contributed by atoms with Crippen LogP contribution in [0.4, 0.5) is 0 Å². The molecule has 0 bridgehead atoms. The molecule has 2 aliphatic heterocycles. The highest BCUT2D eigenvalue weighted by Gasteiger charge is 2.50. The summed E-state index contributed by atoms with van der Waals surface area (Å²) in [6.07, 6.45) is 4.72. The number of rotatable bonds is 6. The molecule has 1 amide bonds. The molecule has 3 rings (SSSR count). The zero-order valence-electron chi connectivity index (χ0n) is 14.2. The Balaban J connectivity index is 1.42. The van der Waals surface area contributed by atoms with Gasteiger partial charge in [-0.2, -0.15) is 0 Å². The summed E-state index contributed by atoms with van der Waals surface area (Å²) in [5.74, 6) is -0.00101. The second kappa shape index (κ2) is 7.47. The molecular formula is C17H30N2O4. The summed E-state index contributed by atoms with van der Waals surface area (Å²) in [7, 11) is 0. The van der Waals surface area contributed by atoms with E-state index in [4.69, 9.17) is 9.47 Å². The minimum atomic E-state index is -0.605. The predicted molar refractivity (Wildman–Crippen MR) is 86.1 cm³/mol. The topological polar surface area (TPSA) is 79.8 Å². The van der Waals surface area contributed by atoms with Gasteiger partial charge < -0.3 is 25.2 Å². The maximum Gasteiger partial charge on any atom is 0.222 e. The second-order valence-electron chi connectivity index (χ2n) is 7.48. The molecule has 3 N–H and O–H groups in total. The Morgan fingerprint density at radius 1 is 1.26 bits per heavy atom. The molecule has 5 atom stereocenters. The molecule has 3 aliphatic rings. The maximum absolute atomic E-state index is 11.8. The van der Waals surface area contributed by atoms with Gasteiger partial charge in [0.2, 0.25) is 5.91 Å². The minimum Gasteiger partial charge on any atom is -0.388 e. The van der Waals surface area contributed by atoms with Crippen molar-refractivity contribution in [2.45, 2.75) is 95.0 Å². The summed E-state index contributed by atoms with van der Waals surface area (Å²) in [5, 5.41) is 16.8. The second-order valence-corrected chi connectivity index (χ2v) is 7.48. The van der Waals surface area contributed by atoms with Crippen LogP contribution in [0.15, 0.2) is 0 Å². The first-order valence-corrected chi connectivity index (χ1v) is 9.04. The molecule has 2 heterocycles. The predicted octanol–water partition coefficient (Wildman–Crippen LogP) is 0.719. The molecule has 0 radical (unpaired) electrons. The Hall–Kier alpha value is -0.690. The molecule has 1 aliphatic carbocycles. The molecule has 5 unspecified atom stereocenters. The number of fused-ring (bicyclic) bond motifs is 1. The molecule has 3 fully saturated rings. The van der Waals surface area contributed by atoms with E-state index in [0.717, 1.165) is 0 Å². The Kier molecular flexibility index (Phi) is 5.57. The van der Waals surface area contributed by atoms with E-state index in [0.29, 0.717) is 25.4 Å². The van der Waals surface area contributed by atoms with Gasteiger partial charge in [-0.1, -0.05) is 12.8 Å². The fourth-order valence-corrected chi connectivity index (χ4v) is 4.01. The summed E-state index contributed by atoms with van der Waals surface area (Å²) in [6, 6.07) is 0.705. The van der Waals surface area contributed by atoms with Crippen LogP contribution in [0.1, 0.15) is 52.4 Å². The first-order valence-electron chi connectivity index (χ1n) is 9.04. The van der Waals surface area contributed by atoms with Crippen molar-refractivity contribution in [3.05, 3.63) is 0 Å². The van der Waals surface area contributed by atoms with Crippen LogP contribution in [0.2, 0.25) is 0 Å². The Labute approximate surface area is 138 Å². The van der Waals surface area contributed by atoms with Crippen molar-refractivity contribution in [1.29, 1.82) is 0 Å². The van der Waals surface area contributed by atoms with Crippen LogP contribution in [0.5, 0.6) is 0 Å². The molecule has 1 saturated carbocycles. The van der Waals surface area contributed by atoms with Crippen LogP contribution in [-0.4, -0.2) is 60.2 Å². The highest BCUT2D eigenvalue weighted by Crippen LogP contribution is 2.35. The van der Waals surface area contributed by atoms with Gasteiger partial charge in [0.15, 0.2) is 0 Å². The third kappa shape index (κ3) is 4.24. The fourth-order valence-electron chi connectivity index (χ4n) is 4.01. The van der Waals surface area contributed by atoms with Gasteiger partial charge in [0.1, 0.15) is 12.2 Å². The number of aliphatic hydroxyl groups is 1. The molecule has 6 nitrogen and oxygen atoms in total. The SMILES string of the molecule is CC(C)NC(=O)CC1CC2OC(CNC3CCCC3)C(O)C2O1. The summed E-state index contributed by atoms with van der Waals surface area (Å²) in [6.45, 7) is 4.56. The summed E-state index contributed by atoms with van der Waals surface area (Å²) in [5.41, 5.74) is 0. The lowest BCUT2D eigenvalue weighted by Crippen LogP contribution is -2.41. The number of amides is 1. The van der Waals surface area contributed by atoms with E-state index >= 15 is 0 Å². The van der Waals surface area contributed by atoms with E-state index in [1.54, 1.807) is 0 Å². The van der Waals surface area contributed by atoms with Gasteiger partial charge in [0.25, 0.3) is 0 Å². The Bertz CT molecular complexity index is 411. The molecule has 132 valence electrons. The van der Waals surface area contributed by atoms with Crippen molar-refractivity contribution in [2.75, 3.05) is 6.54 Å². The lowest BCUT2D eigenvalue weighted by atomic mass is 10.1. The van der Waals surface area contributed by atoms with Crippen LogP contribution < -0.4 is 10.6 Å². The number of carbonyl (C=O) groups excluding carboxylic acids is 1. The van der Waals surface area contributed by atoms with Crippen molar-refractivity contribution in [3.63, 3.8) is 0 Å². The first-order chi connectivity index (χ1) is 11.0. The van der Waals surface area contributed by atoms with Crippen LogP contribution in [0, 0.1) is 0 Å². The number of nitrogens with one attached hydrogen (secondary N) is 2. The van der Waals surface area contributed by atoms with Gasteiger partial charge in [-0.15, -0.1) is 0 Å². The monoisotopic (exact) mass is 326 g/mol. The fraction of sp³-hybridized carbons (Fsp3) is 0.941. The first kappa shape index (κ1) is 17.1. The number of ether oxygens (including phenoxy) is 2. The molecule has 0 spiro atoms. The largest absolute Gasteiger partial charge is 0.388 e. The van der Waals surface area contributed by atoms with E-state index < -0.39 is 6.10 Å². The van der Waals surface area contributed by atoms with Gasteiger partial charge in [-0.25, -0.2) is 0 Å². The van der Waals surface area contributed by atoms with Gasteiger partial charge in [0.05, 0.1) is 24.7 Å². The Morgan fingerprint density at radius 3 is 2.65 bits per heavy atom. The van der Waals surface area contributed by atoms with Crippen LogP contribution in [0.25, 0.3) is 0 Å². The Morgan fingerprint density at radius 2 is 2.00 bits per heavy atom. The number of hydrogen-bond acceptors (Lipinski definition) is 5. The summed E-state index contributed by atoms with van der Waals surface area (Å²) < 4.78 is 11.9. The van der Waals surface area contributed by atoms with Crippen molar-refractivity contribution in [2.24, 2.45) is 0 Å². The van der Waals surface area contributed by atoms with E-state index in [1.807, 2.05) is 13.8 Å². The van der Waals surface area contributed by atoms with Gasteiger partial charge >= 0.3 is 0 Å². The molecule has 2 saturated heterocycles. The summed E-state index contributed by atoms with van der Waals surface area (Å²) >= 11 is 0. The third-order valence-corrected chi connectivity index (χ3v) is 5.10. The lowest BCUT2D eigenvalue weighted by Gasteiger charge is -2.22. The summed E-state index contributed by atoms with van der Waals surface area (Å²) in [4.78, 5) is 11.8. The number of aliphatic hydroxyl groups excluding tert-OH is 1. The number of hydrogen-bond donors (Lipinski definition) is 3. The van der Waals surface area contributed by atoms with Crippen LogP contribution >= 0.6 is 0 Å². The molecule has 23 heavy (non-hydrogen) atoms. The van der Waals surface area contributed by atoms with Crippen LogP contribution in [0.3, 0.4) is 0 Å². The zero-order valence-corrected chi connectivity index (χ0v) is 14.2. The van der Waals surface area contributed by atoms with E-state index in [1.165, 1.54) is 25.7 Å². The molecule has 6 heteroatoms. The highest BCUT2D eigenvalue weighted by atomic mass is 16.6. The molecule has 0 aromatic rings. The minimum absolute atomic E-state index is 0.00101. The standard InChI is InChI=1S/C17H30N2O4/c1-10(2)19-15(20)8-12-7-13-17(22-12)16(21)14(23-13)9-18-11-5-3-4-6-11/h10-14,16-18,21H,3-9H2,1-2H3,(H,19,20). The van der Waals surface area contributed by atoms with Gasteiger partial charge in [-0.3, -0.25) is 4.79 Å². The molecule has 0 aromatic heterocycles. The average Bonchev–Trinajstić information content (AvgIpc) is 3.15.